The quantitative estimate of drug-likeness (QED) is 0.452. The summed E-state index contributed by atoms with van der Waals surface area (Å²) in [6.07, 6.45) is 4.65. The highest BCUT2D eigenvalue weighted by Gasteiger charge is 1.91. The van der Waals surface area contributed by atoms with Gasteiger partial charge in [-0.3, -0.25) is 4.99 Å². The molecule has 0 saturated carbocycles. The summed E-state index contributed by atoms with van der Waals surface area (Å²) in [4.78, 5) is 8.32. The van der Waals surface area contributed by atoms with Crippen molar-refractivity contribution in [3.8, 4) is 0 Å². The van der Waals surface area contributed by atoms with Crippen molar-refractivity contribution in [1.82, 2.24) is 4.98 Å². The standard InChI is InChI=1S/C10H16N4S/c1-15-10(11)14-8-4-7-13-9-5-2-3-6-12-9/h2-3,5-6H,4,7-8H2,1H3,(H2,11,14)(H,12,13). The third-order valence-electron chi connectivity index (χ3n) is 1.78. The van der Waals surface area contributed by atoms with Crippen molar-refractivity contribution >= 4 is 22.7 Å². The number of aromatic nitrogens is 1. The average Bonchev–Trinajstić information content (AvgIpc) is 2.29. The van der Waals surface area contributed by atoms with Crippen molar-refractivity contribution in [3.05, 3.63) is 24.4 Å². The fraction of sp³-hybridized carbons (Fsp3) is 0.400. The Morgan fingerprint density at radius 3 is 3.13 bits per heavy atom. The van der Waals surface area contributed by atoms with Crippen molar-refractivity contribution in [2.75, 3.05) is 24.7 Å². The first kappa shape index (κ1) is 11.8. The number of amidine groups is 1. The van der Waals surface area contributed by atoms with Crippen molar-refractivity contribution in [2.45, 2.75) is 6.42 Å². The maximum absolute atomic E-state index is 5.55. The van der Waals surface area contributed by atoms with Gasteiger partial charge in [-0.25, -0.2) is 4.98 Å². The summed E-state index contributed by atoms with van der Waals surface area (Å²) < 4.78 is 0. The Kier molecular flexibility index (Phi) is 5.62. The molecule has 0 amide bonds. The first-order valence-electron chi connectivity index (χ1n) is 4.81. The molecule has 0 aliphatic carbocycles. The Hall–Kier alpha value is -1.23. The molecular weight excluding hydrogens is 208 g/mol. The van der Waals surface area contributed by atoms with Crippen molar-refractivity contribution in [2.24, 2.45) is 10.7 Å². The summed E-state index contributed by atoms with van der Waals surface area (Å²) in [5.41, 5.74) is 5.55. The largest absolute Gasteiger partial charge is 0.379 e. The van der Waals surface area contributed by atoms with Crippen LogP contribution in [-0.4, -0.2) is 29.5 Å². The maximum atomic E-state index is 5.55. The van der Waals surface area contributed by atoms with Gasteiger partial charge in [-0.1, -0.05) is 17.8 Å². The lowest BCUT2D eigenvalue weighted by Gasteiger charge is -2.03. The molecule has 5 heteroatoms. The number of rotatable bonds is 5. The van der Waals surface area contributed by atoms with Crippen LogP contribution in [0.25, 0.3) is 0 Å². The van der Waals surface area contributed by atoms with E-state index in [0.717, 1.165) is 25.3 Å². The predicted octanol–water partition coefficient (Wildman–Crippen LogP) is 1.56. The molecule has 1 aromatic heterocycles. The molecule has 1 rings (SSSR count). The molecule has 0 aliphatic rings. The zero-order valence-electron chi connectivity index (χ0n) is 8.81. The van der Waals surface area contributed by atoms with Gasteiger partial charge in [0.1, 0.15) is 5.82 Å². The smallest absolute Gasteiger partial charge is 0.153 e. The lowest BCUT2D eigenvalue weighted by atomic mass is 10.4. The normalized spacial score (nSPS) is 11.4. The van der Waals surface area contributed by atoms with E-state index in [0.29, 0.717) is 5.17 Å². The minimum absolute atomic E-state index is 0.646. The third-order valence-corrected chi connectivity index (χ3v) is 2.33. The van der Waals surface area contributed by atoms with Crippen molar-refractivity contribution in [3.63, 3.8) is 0 Å². The third kappa shape index (κ3) is 5.27. The first-order valence-corrected chi connectivity index (χ1v) is 6.04. The van der Waals surface area contributed by atoms with Crippen molar-refractivity contribution < 1.29 is 0 Å². The number of nitrogens with two attached hydrogens (primary N) is 1. The van der Waals surface area contributed by atoms with Gasteiger partial charge in [0, 0.05) is 19.3 Å². The first-order chi connectivity index (χ1) is 7.33. The van der Waals surface area contributed by atoms with Crippen LogP contribution in [0, 0.1) is 0 Å². The van der Waals surface area contributed by atoms with Crippen LogP contribution in [0.15, 0.2) is 29.4 Å². The molecule has 0 bridgehead atoms. The minimum Gasteiger partial charge on any atom is -0.379 e. The number of hydrogen-bond donors (Lipinski definition) is 2. The topological polar surface area (TPSA) is 63.3 Å². The highest BCUT2D eigenvalue weighted by molar-refractivity contribution is 8.13. The van der Waals surface area contributed by atoms with Crippen LogP contribution in [0.3, 0.4) is 0 Å². The number of hydrogen-bond acceptors (Lipinski definition) is 4. The molecule has 4 nitrogen and oxygen atoms in total. The fourth-order valence-corrected chi connectivity index (χ4v) is 1.24. The van der Waals surface area contributed by atoms with Crippen molar-refractivity contribution in [1.29, 1.82) is 0 Å². The molecule has 82 valence electrons. The number of nitrogens with zero attached hydrogens (tertiary/aromatic N) is 2. The Bertz CT molecular complexity index is 300. The molecule has 0 aromatic carbocycles. The summed E-state index contributed by atoms with van der Waals surface area (Å²) >= 11 is 1.47. The van der Waals surface area contributed by atoms with Crippen LogP contribution >= 0.6 is 11.8 Å². The zero-order valence-corrected chi connectivity index (χ0v) is 9.63. The van der Waals surface area contributed by atoms with E-state index < -0.39 is 0 Å². The summed E-state index contributed by atoms with van der Waals surface area (Å²) in [6.45, 7) is 1.62. The Balaban J connectivity index is 2.13. The molecule has 1 aromatic rings. The van der Waals surface area contributed by atoms with Crippen LogP contribution in [0.4, 0.5) is 5.82 Å². The van der Waals surface area contributed by atoms with Gasteiger partial charge < -0.3 is 11.1 Å². The molecular formula is C10H16N4S. The van der Waals surface area contributed by atoms with Gasteiger partial charge in [-0.15, -0.1) is 0 Å². The molecule has 1 heterocycles. The molecule has 0 radical (unpaired) electrons. The van der Waals surface area contributed by atoms with Gasteiger partial charge in [-0.2, -0.15) is 0 Å². The second-order valence-electron chi connectivity index (χ2n) is 2.92. The SMILES string of the molecule is CSC(N)=NCCCNc1ccccn1. The van der Waals surface area contributed by atoms with E-state index >= 15 is 0 Å². The van der Waals surface area contributed by atoms with Gasteiger partial charge in [0.2, 0.25) is 0 Å². The van der Waals surface area contributed by atoms with Crippen LogP contribution in [0.1, 0.15) is 6.42 Å². The van der Waals surface area contributed by atoms with E-state index in [4.69, 9.17) is 5.73 Å². The molecule has 0 atom stereocenters. The van der Waals surface area contributed by atoms with Crippen LogP contribution in [0.2, 0.25) is 0 Å². The predicted molar refractivity (Wildman–Crippen MR) is 67.3 cm³/mol. The molecule has 0 unspecified atom stereocenters. The Morgan fingerprint density at radius 2 is 2.47 bits per heavy atom. The van der Waals surface area contributed by atoms with Crippen LogP contribution in [0.5, 0.6) is 0 Å². The summed E-state index contributed by atoms with van der Waals surface area (Å²) in [5.74, 6) is 0.902. The molecule has 0 fully saturated rings. The number of anilines is 1. The Labute approximate surface area is 94.4 Å². The number of thioether (sulfide) groups is 1. The second-order valence-corrected chi connectivity index (χ2v) is 3.75. The fourth-order valence-electron chi connectivity index (χ4n) is 1.02. The lowest BCUT2D eigenvalue weighted by molar-refractivity contribution is 0.872. The molecule has 3 N–H and O–H groups in total. The van der Waals surface area contributed by atoms with E-state index in [-0.39, 0.29) is 0 Å². The van der Waals surface area contributed by atoms with E-state index in [1.165, 1.54) is 11.8 Å². The minimum atomic E-state index is 0.646. The number of nitrogens with one attached hydrogen (secondary N) is 1. The summed E-state index contributed by atoms with van der Waals surface area (Å²) in [5, 5.41) is 3.85. The van der Waals surface area contributed by atoms with Gasteiger partial charge in [0.25, 0.3) is 0 Å². The van der Waals surface area contributed by atoms with E-state index in [1.807, 2.05) is 24.5 Å². The number of pyridine rings is 1. The lowest BCUT2D eigenvalue weighted by Crippen LogP contribution is -2.08. The summed E-state index contributed by atoms with van der Waals surface area (Å²) in [7, 11) is 0. The van der Waals surface area contributed by atoms with Gasteiger partial charge in [-0.05, 0) is 24.8 Å². The molecule has 0 aliphatic heterocycles. The number of aliphatic imine (C=N–C) groups is 1. The van der Waals surface area contributed by atoms with Gasteiger partial charge in [0.15, 0.2) is 5.17 Å². The van der Waals surface area contributed by atoms with E-state index in [2.05, 4.69) is 15.3 Å². The highest BCUT2D eigenvalue weighted by atomic mass is 32.2. The average molecular weight is 224 g/mol. The molecule has 15 heavy (non-hydrogen) atoms. The van der Waals surface area contributed by atoms with Crippen LogP contribution in [-0.2, 0) is 0 Å². The second kappa shape index (κ2) is 7.11. The van der Waals surface area contributed by atoms with E-state index in [9.17, 15) is 0 Å². The van der Waals surface area contributed by atoms with Gasteiger partial charge >= 0.3 is 0 Å². The van der Waals surface area contributed by atoms with Gasteiger partial charge in [0.05, 0.1) is 0 Å². The zero-order chi connectivity index (χ0) is 10.9. The summed E-state index contributed by atoms with van der Waals surface area (Å²) in [6, 6.07) is 5.80. The highest BCUT2D eigenvalue weighted by Crippen LogP contribution is 1.99. The maximum Gasteiger partial charge on any atom is 0.153 e. The molecule has 0 spiro atoms. The van der Waals surface area contributed by atoms with E-state index in [1.54, 1.807) is 6.20 Å². The van der Waals surface area contributed by atoms with Crippen LogP contribution < -0.4 is 11.1 Å². The molecule has 0 saturated heterocycles. The Morgan fingerprint density at radius 1 is 1.60 bits per heavy atom. The monoisotopic (exact) mass is 224 g/mol.